The van der Waals surface area contributed by atoms with Crippen molar-refractivity contribution in [3.8, 4) is 0 Å². The van der Waals surface area contributed by atoms with Gasteiger partial charge in [0, 0.05) is 17.6 Å². The molecule has 156 valence electrons. The zero-order valence-corrected chi connectivity index (χ0v) is 18.2. The summed E-state index contributed by atoms with van der Waals surface area (Å²) in [5.74, 6) is -0.863. The van der Waals surface area contributed by atoms with Gasteiger partial charge in [0.1, 0.15) is 11.9 Å². The molecule has 0 heterocycles. The molecule has 0 aliphatic heterocycles. The molecule has 2 aromatic carbocycles. The zero-order valence-electron chi connectivity index (χ0n) is 18.2. The van der Waals surface area contributed by atoms with E-state index in [1.807, 2.05) is 52.8 Å². The molecule has 5 heteroatoms. The van der Waals surface area contributed by atoms with E-state index >= 15 is 0 Å². The Hall–Kier alpha value is -2.69. The number of aryl methyl sites for hydroxylation is 2. The van der Waals surface area contributed by atoms with Crippen LogP contribution in [0.3, 0.4) is 0 Å². The van der Waals surface area contributed by atoms with E-state index in [2.05, 4.69) is 5.32 Å². The van der Waals surface area contributed by atoms with Gasteiger partial charge >= 0.3 is 0 Å². The van der Waals surface area contributed by atoms with Crippen molar-refractivity contribution in [1.29, 1.82) is 0 Å². The predicted octanol–water partition coefficient (Wildman–Crippen LogP) is 4.32. The number of carbonyl (C=O) groups is 2. The molecule has 0 spiro atoms. The van der Waals surface area contributed by atoms with Crippen LogP contribution in [0.4, 0.5) is 4.39 Å². The Kier molecular flexibility index (Phi) is 7.17. The molecule has 0 unspecified atom stereocenters. The van der Waals surface area contributed by atoms with Crippen LogP contribution >= 0.6 is 0 Å². The van der Waals surface area contributed by atoms with Crippen LogP contribution in [0.25, 0.3) is 0 Å². The van der Waals surface area contributed by atoms with E-state index < -0.39 is 11.6 Å². The lowest BCUT2D eigenvalue weighted by Gasteiger charge is -2.31. The molecule has 0 bridgehead atoms. The van der Waals surface area contributed by atoms with Crippen molar-refractivity contribution in [2.45, 2.75) is 66.1 Å². The molecular formula is C24H31FN2O2. The van der Waals surface area contributed by atoms with Gasteiger partial charge in [-0.15, -0.1) is 0 Å². The van der Waals surface area contributed by atoms with Crippen LogP contribution in [0.2, 0.25) is 0 Å². The molecule has 0 saturated heterocycles. The van der Waals surface area contributed by atoms with Gasteiger partial charge < -0.3 is 10.2 Å². The summed E-state index contributed by atoms with van der Waals surface area (Å²) < 4.78 is 14.2. The van der Waals surface area contributed by atoms with E-state index in [4.69, 9.17) is 0 Å². The molecule has 2 aromatic rings. The molecule has 0 aromatic heterocycles. The van der Waals surface area contributed by atoms with E-state index in [1.165, 1.54) is 11.0 Å². The topological polar surface area (TPSA) is 49.4 Å². The molecule has 4 nitrogen and oxygen atoms in total. The van der Waals surface area contributed by atoms with Gasteiger partial charge in [-0.1, -0.05) is 47.5 Å². The Morgan fingerprint density at radius 3 is 2.21 bits per heavy atom. The summed E-state index contributed by atoms with van der Waals surface area (Å²) in [6.45, 7) is 11.3. The first-order valence-electron chi connectivity index (χ1n) is 9.88. The van der Waals surface area contributed by atoms with Gasteiger partial charge in [-0.05, 0) is 53.2 Å². The van der Waals surface area contributed by atoms with Crippen LogP contribution < -0.4 is 5.32 Å². The molecule has 0 aliphatic rings. The van der Waals surface area contributed by atoms with Gasteiger partial charge in [0.25, 0.3) is 0 Å². The van der Waals surface area contributed by atoms with E-state index in [9.17, 15) is 14.0 Å². The van der Waals surface area contributed by atoms with Gasteiger partial charge in [0.2, 0.25) is 11.8 Å². The third kappa shape index (κ3) is 6.70. The lowest BCUT2D eigenvalue weighted by molar-refractivity contribution is -0.140. The van der Waals surface area contributed by atoms with Gasteiger partial charge in [-0.3, -0.25) is 9.59 Å². The summed E-state index contributed by atoms with van der Waals surface area (Å²) in [5, 5.41) is 2.91. The van der Waals surface area contributed by atoms with Crippen molar-refractivity contribution in [2.24, 2.45) is 0 Å². The Balaban J connectivity index is 2.30. The monoisotopic (exact) mass is 398 g/mol. The number of rotatable bonds is 6. The fourth-order valence-electron chi connectivity index (χ4n) is 3.31. The number of benzene rings is 2. The number of hydrogen-bond acceptors (Lipinski definition) is 2. The summed E-state index contributed by atoms with van der Waals surface area (Å²) in [7, 11) is 0. The summed E-state index contributed by atoms with van der Waals surface area (Å²) in [6, 6.07) is 11.6. The van der Waals surface area contributed by atoms with Crippen molar-refractivity contribution in [3.05, 3.63) is 70.5 Å². The van der Waals surface area contributed by atoms with Crippen LogP contribution in [-0.2, 0) is 22.6 Å². The van der Waals surface area contributed by atoms with Crippen molar-refractivity contribution in [2.75, 3.05) is 0 Å². The van der Waals surface area contributed by atoms with Crippen molar-refractivity contribution < 1.29 is 14.0 Å². The largest absolute Gasteiger partial charge is 0.350 e. The highest BCUT2D eigenvalue weighted by molar-refractivity contribution is 5.88. The second-order valence-corrected chi connectivity index (χ2v) is 8.70. The molecule has 0 fully saturated rings. The van der Waals surface area contributed by atoms with Gasteiger partial charge in [-0.2, -0.15) is 0 Å². The SMILES string of the molecule is Cc1cc(C)cc(CC(=O)N(Cc2ccccc2F)[C@H](C)C(=O)NC(C)(C)C)c1. The van der Waals surface area contributed by atoms with Crippen LogP contribution in [0.15, 0.2) is 42.5 Å². The van der Waals surface area contributed by atoms with E-state index in [-0.39, 0.29) is 30.6 Å². The molecule has 2 rings (SSSR count). The molecule has 0 radical (unpaired) electrons. The normalized spacial score (nSPS) is 12.4. The average Bonchev–Trinajstić information content (AvgIpc) is 2.58. The number of nitrogens with one attached hydrogen (secondary N) is 1. The number of carbonyl (C=O) groups excluding carboxylic acids is 2. The first-order valence-corrected chi connectivity index (χ1v) is 9.88. The minimum Gasteiger partial charge on any atom is -0.350 e. The second-order valence-electron chi connectivity index (χ2n) is 8.70. The molecule has 0 aliphatic carbocycles. The van der Waals surface area contributed by atoms with Crippen LogP contribution in [0.5, 0.6) is 0 Å². The van der Waals surface area contributed by atoms with Crippen LogP contribution in [0, 0.1) is 19.7 Å². The van der Waals surface area contributed by atoms with Gasteiger partial charge in [-0.25, -0.2) is 4.39 Å². The molecule has 2 amide bonds. The number of nitrogens with zero attached hydrogens (tertiary/aromatic N) is 1. The molecule has 1 atom stereocenters. The Morgan fingerprint density at radius 2 is 1.66 bits per heavy atom. The standard InChI is InChI=1S/C24H31FN2O2/c1-16-11-17(2)13-19(12-16)14-22(28)27(15-20-9-7-8-10-21(20)25)18(3)23(29)26-24(4,5)6/h7-13,18H,14-15H2,1-6H3,(H,26,29)/t18-/m1/s1. The number of halogens is 1. The van der Waals surface area contributed by atoms with Gasteiger partial charge in [0.05, 0.1) is 6.42 Å². The van der Waals surface area contributed by atoms with Crippen molar-refractivity contribution in [1.82, 2.24) is 10.2 Å². The molecular weight excluding hydrogens is 367 g/mol. The van der Waals surface area contributed by atoms with E-state index in [0.717, 1.165) is 16.7 Å². The van der Waals surface area contributed by atoms with E-state index in [1.54, 1.807) is 25.1 Å². The first kappa shape index (κ1) is 22.6. The summed E-state index contributed by atoms with van der Waals surface area (Å²) >= 11 is 0. The highest BCUT2D eigenvalue weighted by Crippen LogP contribution is 2.17. The average molecular weight is 399 g/mol. The summed E-state index contributed by atoms with van der Waals surface area (Å²) in [6.07, 6.45) is 0.157. The summed E-state index contributed by atoms with van der Waals surface area (Å²) in [4.78, 5) is 27.4. The fourth-order valence-corrected chi connectivity index (χ4v) is 3.31. The molecule has 1 N–H and O–H groups in total. The summed E-state index contributed by atoms with van der Waals surface area (Å²) in [5.41, 5.74) is 3.00. The minimum absolute atomic E-state index is 0.0367. The highest BCUT2D eigenvalue weighted by Gasteiger charge is 2.29. The Bertz CT molecular complexity index is 866. The van der Waals surface area contributed by atoms with Crippen molar-refractivity contribution in [3.63, 3.8) is 0 Å². The maximum absolute atomic E-state index is 14.2. The predicted molar refractivity (Wildman–Crippen MR) is 114 cm³/mol. The zero-order chi connectivity index (χ0) is 21.8. The lowest BCUT2D eigenvalue weighted by Crippen LogP contribution is -2.52. The van der Waals surface area contributed by atoms with Gasteiger partial charge in [0.15, 0.2) is 0 Å². The third-order valence-corrected chi connectivity index (χ3v) is 4.60. The highest BCUT2D eigenvalue weighted by atomic mass is 19.1. The van der Waals surface area contributed by atoms with Crippen LogP contribution in [-0.4, -0.2) is 28.3 Å². The number of amides is 2. The number of hydrogen-bond donors (Lipinski definition) is 1. The maximum Gasteiger partial charge on any atom is 0.242 e. The lowest BCUT2D eigenvalue weighted by atomic mass is 10.0. The first-order chi connectivity index (χ1) is 13.5. The minimum atomic E-state index is -0.729. The van der Waals surface area contributed by atoms with Crippen molar-refractivity contribution >= 4 is 11.8 Å². The smallest absolute Gasteiger partial charge is 0.242 e. The van der Waals surface area contributed by atoms with Crippen LogP contribution in [0.1, 0.15) is 49.9 Å². The molecule has 0 saturated carbocycles. The molecule has 29 heavy (non-hydrogen) atoms. The third-order valence-electron chi connectivity index (χ3n) is 4.60. The Morgan fingerprint density at radius 1 is 1.07 bits per heavy atom. The van der Waals surface area contributed by atoms with E-state index in [0.29, 0.717) is 5.56 Å². The quantitative estimate of drug-likeness (QED) is 0.788. The fraction of sp³-hybridized carbons (Fsp3) is 0.417. The Labute approximate surface area is 173 Å². The maximum atomic E-state index is 14.2. The second kappa shape index (κ2) is 9.21.